The zero-order valence-corrected chi connectivity index (χ0v) is 11.3. The highest BCUT2D eigenvalue weighted by Gasteiger charge is 2.23. The molecule has 0 radical (unpaired) electrons. The minimum atomic E-state index is 0.0328. The number of hydrogen-bond acceptors (Lipinski definition) is 3. The molecule has 0 fully saturated rings. The summed E-state index contributed by atoms with van der Waals surface area (Å²) >= 11 is 0. The fourth-order valence-electron chi connectivity index (χ4n) is 1.81. The first-order valence-corrected chi connectivity index (χ1v) is 5.97. The van der Waals surface area contributed by atoms with Gasteiger partial charge < -0.3 is 10.2 Å². The third-order valence-corrected chi connectivity index (χ3v) is 2.61. The van der Waals surface area contributed by atoms with Gasteiger partial charge >= 0.3 is 0 Å². The lowest BCUT2D eigenvalue weighted by atomic mass is 10.0. The van der Waals surface area contributed by atoms with E-state index in [0.29, 0.717) is 0 Å². The Morgan fingerprint density at radius 2 is 2.18 bits per heavy atom. The molecule has 0 saturated carbocycles. The van der Waals surface area contributed by atoms with Crippen molar-refractivity contribution in [2.45, 2.75) is 32.9 Å². The van der Waals surface area contributed by atoms with Crippen LogP contribution in [-0.2, 0) is 6.54 Å². The molecule has 1 aromatic rings. The summed E-state index contributed by atoms with van der Waals surface area (Å²) in [6.07, 6.45) is 3.76. The van der Waals surface area contributed by atoms with Gasteiger partial charge in [-0.3, -0.25) is 0 Å². The minimum absolute atomic E-state index is 0.0328. The molecule has 0 aliphatic rings. The quantitative estimate of drug-likeness (QED) is 0.792. The van der Waals surface area contributed by atoms with Gasteiger partial charge in [-0.25, -0.2) is 4.98 Å². The van der Waals surface area contributed by atoms with Crippen LogP contribution in [0.2, 0.25) is 0 Å². The molecule has 0 spiro atoms. The Bertz CT molecular complexity index is 366. The second-order valence-corrected chi connectivity index (χ2v) is 5.09. The highest BCUT2D eigenvalue weighted by atomic mass is 15.2. The molecule has 3 heteroatoms. The third kappa shape index (κ3) is 3.56. The molecule has 0 amide bonds. The molecular weight excluding hydrogens is 210 g/mol. The van der Waals surface area contributed by atoms with Crippen molar-refractivity contribution in [3.05, 3.63) is 36.5 Å². The van der Waals surface area contributed by atoms with Gasteiger partial charge in [0.15, 0.2) is 0 Å². The number of nitrogens with one attached hydrogen (secondary N) is 1. The molecule has 1 rings (SSSR count). The number of nitrogens with zero attached hydrogens (tertiary/aromatic N) is 2. The van der Waals surface area contributed by atoms with Gasteiger partial charge in [-0.2, -0.15) is 0 Å². The topological polar surface area (TPSA) is 28.2 Å². The molecule has 0 aliphatic heterocycles. The zero-order valence-electron chi connectivity index (χ0n) is 11.3. The van der Waals surface area contributed by atoms with Crippen LogP contribution in [0.25, 0.3) is 0 Å². The normalized spacial score (nSPS) is 11.3. The number of hydrogen-bond donors (Lipinski definition) is 1. The first kappa shape index (κ1) is 13.7. The van der Waals surface area contributed by atoms with E-state index in [4.69, 9.17) is 0 Å². The van der Waals surface area contributed by atoms with Gasteiger partial charge in [0.2, 0.25) is 0 Å². The summed E-state index contributed by atoms with van der Waals surface area (Å²) in [5.74, 6) is 1.04. The molecule has 1 N–H and O–H groups in total. The van der Waals surface area contributed by atoms with E-state index >= 15 is 0 Å². The van der Waals surface area contributed by atoms with E-state index < -0.39 is 0 Å². The Morgan fingerprint density at radius 1 is 1.47 bits per heavy atom. The van der Waals surface area contributed by atoms with Crippen molar-refractivity contribution in [3.8, 4) is 0 Å². The predicted octanol–water partition coefficient (Wildman–Crippen LogP) is 2.59. The Morgan fingerprint density at radius 3 is 2.71 bits per heavy atom. The molecule has 94 valence electrons. The molecule has 17 heavy (non-hydrogen) atoms. The number of rotatable bonds is 5. The summed E-state index contributed by atoms with van der Waals surface area (Å²) in [6, 6.07) is 4.09. The van der Waals surface area contributed by atoms with Gasteiger partial charge in [0.25, 0.3) is 0 Å². The second-order valence-electron chi connectivity index (χ2n) is 5.09. The summed E-state index contributed by atoms with van der Waals surface area (Å²) in [5.41, 5.74) is 1.25. The standard InChI is InChI=1S/C14H23N3/c1-6-10-17(14(2,3)4)13-12(11-15-5)8-7-9-16-13/h6-9,15H,1,10-11H2,2-5H3. The van der Waals surface area contributed by atoms with Crippen molar-refractivity contribution < 1.29 is 0 Å². The van der Waals surface area contributed by atoms with Crippen molar-refractivity contribution in [1.29, 1.82) is 0 Å². The van der Waals surface area contributed by atoms with Gasteiger partial charge in [-0.15, -0.1) is 6.58 Å². The van der Waals surface area contributed by atoms with Gasteiger partial charge in [-0.1, -0.05) is 12.1 Å². The Balaban J connectivity index is 3.13. The predicted molar refractivity (Wildman–Crippen MR) is 74.3 cm³/mol. The first-order valence-electron chi connectivity index (χ1n) is 5.97. The van der Waals surface area contributed by atoms with Crippen molar-refractivity contribution in [3.63, 3.8) is 0 Å². The van der Waals surface area contributed by atoms with Crippen LogP contribution in [0, 0.1) is 0 Å². The number of aromatic nitrogens is 1. The molecule has 0 unspecified atom stereocenters. The zero-order chi connectivity index (χ0) is 12.9. The largest absolute Gasteiger partial charge is 0.348 e. The van der Waals surface area contributed by atoms with Crippen LogP contribution in [0.1, 0.15) is 26.3 Å². The van der Waals surface area contributed by atoms with E-state index in [1.165, 1.54) is 5.56 Å². The minimum Gasteiger partial charge on any atom is -0.348 e. The average Bonchev–Trinajstić information content (AvgIpc) is 2.26. The van der Waals surface area contributed by atoms with E-state index in [1.807, 2.05) is 25.4 Å². The van der Waals surface area contributed by atoms with E-state index in [2.05, 4.69) is 48.6 Å². The molecule has 3 nitrogen and oxygen atoms in total. The number of pyridine rings is 1. The average molecular weight is 233 g/mol. The smallest absolute Gasteiger partial charge is 0.133 e. The van der Waals surface area contributed by atoms with Crippen LogP contribution < -0.4 is 10.2 Å². The summed E-state index contributed by atoms with van der Waals surface area (Å²) in [5, 5.41) is 3.18. The van der Waals surface area contributed by atoms with E-state index in [-0.39, 0.29) is 5.54 Å². The molecule has 0 aromatic carbocycles. The lowest BCUT2D eigenvalue weighted by molar-refractivity contribution is 0.515. The monoisotopic (exact) mass is 233 g/mol. The summed E-state index contributed by atoms with van der Waals surface area (Å²) in [4.78, 5) is 6.79. The Labute approximate surface area is 105 Å². The van der Waals surface area contributed by atoms with Crippen LogP contribution in [0.5, 0.6) is 0 Å². The Kier molecular flexibility index (Phi) is 4.70. The lowest BCUT2D eigenvalue weighted by Crippen LogP contribution is -2.42. The second kappa shape index (κ2) is 5.82. The third-order valence-electron chi connectivity index (χ3n) is 2.61. The van der Waals surface area contributed by atoms with E-state index in [9.17, 15) is 0 Å². The molecule has 1 heterocycles. The van der Waals surface area contributed by atoms with Crippen molar-refractivity contribution >= 4 is 5.82 Å². The van der Waals surface area contributed by atoms with Crippen LogP contribution in [0.3, 0.4) is 0 Å². The summed E-state index contributed by atoms with van der Waals surface area (Å²) in [7, 11) is 1.95. The molecular formula is C14H23N3. The maximum atomic E-state index is 4.52. The van der Waals surface area contributed by atoms with Crippen LogP contribution in [0.15, 0.2) is 31.0 Å². The van der Waals surface area contributed by atoms with Crippen molar-refractivity contribution in [2.24, 2.45) is 0 Å². The van der Waals surface area contributed by atoms with Crippen LogP contribution >= 0.6 is 0 Å². The number of anilines is 1. The SMILES string of the molecule is C=CCN(c1ncccc1CNC)C(C)(C)C. The fourth-order valence-corrected chi connectivity index (χ4v) is 1.81. The fraction of sp³-hybridized carbons (Fsp3) is 0.500. The molecule has 0 bridgehead atoms. The maximum Gasteiger partial charge on any atom is 0.133 e. The molecule has 0 saturated heterocycles. The van der Waals surface area contributed by atoms with E-state index in [0.717, 1.165) is 18.9 Å². The first-order chi connectivity index (χ1) is 8.00. The van der Waals surface area contributed by atoms with Crippen LogP contribution in [-0.4, -0.2) is 24.1 Å². The highest BCUT2D eigenvalue weighted by molar-refractivity contribution is 5.49. The van der Waals surface area contributed by atoms with Gasteiger partial charge in [-0.05, 0) is 33.9 Å². The maximum absolute atomic E-state index is 4.52. The summed E-state index contributed by atoms with van der Waals surface area (Å²) < 4.78 is 0. The van der Waals surface area contributed by atoms with Crippen molar-refractivity contribution in [1.82, 2.24) is 10.3 Å². The van der Waals surface area contributed by atoms with Crippen molar-refractivity contribution in [2.75, 3.05) is 18.5 Å². The Hall–Kier alpha value is -1.35. The van der Waals surface area contributed by atoms with E-state index in [1.54, 1.807) is 0 Å². The highest BCUT2D eigenvalue weighted by Crippen LogP contribution is 2.24. The lowest BCUT2D eigenvalue weighted by Gasteiger charge is -2.37. The van der Waals surface area contributed by atoms with Crippen LogP contribution in [0.4, 0.5) is 5.82 Å². The molecule has 0 aliphatic carbocycles. The summed E-state index contributed by atoms with van der Waals surface area (Å²) in [6.45, 7) is 12.0. The van der Waals surface area contributed by atoms with Gasteiger partial charge in [0.05, 0.1) is 0 Å². The molecule has 1 aromatic heterocycles. The molecule has 0 atom stereocenters. The van der Waals surface area contributed by atoms with Gasteiger partial charge in [0, 0.05) is 30.4 Å². The van der Waals surface area contributed by atoms with Gasteiger partial charge in [0.1, 0.15) is 5.82 Å².